The molecule has 17 heavy (non-hydrogen) atoms. The van der Waals surface area contributed by atoms with Crippen LogP contribution >= 0.6 is 38.6 Å². The third-order valence-electron chi connectivity index (χ3n) is 2.52. The average Bonchev–Trinajstić information content (AvgIpc) is 2.92. The average molecular weight is 329 g/mol. The highest BCUT2D eigenvalue weighted by molar-refractivity contribution is 9.11. The van der Waals surface area contributed by atoms with Crippen molar-refractivity contribution in [1.29, 1.82) is 0 Å². The fourth-order valence-electron chi connectivity index (χ4n) is 1.69. The standard InChI is InChI=1S/C11H9BrN2OS2/c12-10-3-7(6-17-10)9(15)4-8-5-14-1-2-16-11(14)13-8/h1-3,5-6,9,15H,4H2. The second-order valence-corrected chi connectivity index (χ2v) is 6.89. The Labute approximate surface area is 114 Å². The van der Waals surface area contributed by atoms with Gasteiger partial charge in [-0.3, -0.25) is 4.40 Å². The number of nitrogens with zero attached hydrogens (tertiary/aromatic N) is 2. The summed E-state index contributed by atoms with van der Waals surface area (Å²) < 4.78 is 3.02. The van der Waals surface area contributed by atoms with E-state index in [1.54, 1.807) is 22.7 Å². The molecule has 0 spiro atoms. The molecule has 6 heteroatoms. The van der Waals surface area contributed by atoms with Crippen LogP contribution in [0.3, 0.4) is 0 Å². The van der Waals surface area contributed by atoms with Gasteiger partial charge in [-0.15, -0.1) is 22.7 Å². The maximum absolute atomic E-state index is 10.1. The zero-order chi connectivity index (χ0) is 11.8. The predicted molar refractivity (Wildman–Crippen MR) is 73.8 cm³/mol. The predicted octanol–water partition coefficient (Wildman–Crippen LogP) is 3.50. The molecule has 0 saturated heterocycles. The van der Waals surface area contributed by atoms with Crippen LogP contribution in [0.5, 0.6) is 0 Å². The van der Waals surface area contributed by atoms with Gasteiger partial charge in [-0.05, 0) is 32.9 Å². The fourth-order valence-corrected chi connectivity index (χ4v) is 3.63. The van der Waals surface area contributed by atoms with Crippen LogP contribution in [-0.4, -0.2) is 14.5 Å². The third-order valence-corrected chi connectivity index (χ3v) is 4.81. The number of rotatable bonds is 3. The minimum atomic E-state index is -0.484. The van der Waals surface area contributed by atoms with E-state index in [0.29, 0.717) is 6.42 Å². The Hall–Kier alpha value is -0.690. The van der Waals surface area contributed by atoms with Crippen LogP contribution in [0.25, 0.3) is 4.96 Å². The smallest absolute Gasteiger partial charge is 0.193 e. The molecule has 3 nitrogen and oxygen atoms in total. The Morgan fingerprint density at radius 2 is 2.35 bits per heavy atom. The van der Waals surface area contributed by atoms with E-state index in [1.165, 1.54) is 0 Å². The maximum atomic E-state index is 10.1. The van der Waals surface area contributed by atoms with Crippen molar-refractivity contribution in [2.45, 2.75) is 12.5 Å². The molecule has 3 aromatic heterocycles. The maximum Gasteiger partial charge on any atom is 0.193 e. The quantitative estimate of drug-likeness (QED) is 0.799. The van der Waals surface area contributed by atoms with Crippen molar-refractivity contribution in [1.82, 2.24) is 9.38 Å². The van der Waals surface area contributed by atoms with Crippen LogP contribution < -0.4 is 0 Å². The third kappa shape index (κ3) is 2.30. The lowest BCUT2D eigenvalue weighted by atomic mass is 10.1. The van der Waals surface area contributed by atoms with Gasteiger partial charge in [-0.2, -0.15) is 0 Å². The summed E-state index contributed by atoms with van der Waals surface area (Å²) in [5, 5.41) is 14.1. The summed E-state index contributed by atoms with van der Waals surface area (Å²) in [6.45, 7) is 0. The number of aromatic nitrogens is 2. The van der Waals surface area contributed by atoms with Gasteiger partial charge >= 0.3 is 0 Å². The van der Waals surface area contributed by atoms with Gasteiger partial charge in [0.05, 0.1) is 15.6 Å². The van der Waals surface area contributed by atoms with Gasteiger partial charge < -0.3 is 5.11 Å². The van der Waals surface area contributed by atoms with Crippen LogP contribution in [-0.2, 0) is 6.42 Å². The van der Waals surface area contributed by atoms with E-state index >= 15 is 0 Å². The van der Waals surface area contributed by atoms with Gasteiger partial charge in [-0.1, -0.05) is 0 Å². The molecule has 0 radical (unpaired) electrons. The monoisotopic (exact) mass is 328 g/mol. The number of hydrogen-bond donors (Lipinski definition) is 1. The SMILES string of the molecule is OC(Cc1cn2ccsc2n1)c1csc(Br)c1. The van der Waals surface area contributed by atoms with E-state index in [9.17, 15) is 5.11 Å². The summed E-state index contributed by atoms with van der Waals surface area (Å²) in [6, 6.07) is 1.95. The lowest BCUT2D eigenvalue weighted by Gasteiger charge is -2.05. The molecule has 3 rings (SSSR count). The molecular weight excluding hydrogens is 320 g/mol. The van der Waals surface area contributed by atoms with Gasteiger partial charge in [0.2, 0.25) is 0 Å². The van der Waals surface area contributed by atoms with E-state index in [2.05, 4.69) is 20.9 Å². The molecule has 0 amide bonds. The highest BCUT2D eigenvalue weighted by Gasteiger charge is 2.13. The Morgan fingerprint density at radius 1 is 1.47 bits per heavy atom. The van der Waals surface area contributed by atoms with Crippen LogP contribution in [0.2, 0.25) is 0 Å². The molecule has 3 aromatic rings. The number of thiophene rings is 1. The van der Waals surface area contributed by atoms with Crippen LogP contribution in [0.15, 0.2) is 33.0 Å². The highest BCUT2D eigenvalue weighted by atomic mass is 79.9. The van der Waals surface area contributed by atoms with Crippen molar-refractivity contribution >= 4 is 43.6 Å². The van der Waals surface area contributed by atoms with Gasteiger partial charge in [-0.25, -0.2) is 4.98 Å². The van der Waals surface area contributed by atoms with E-state index < -0.39 is 6.10 Å². The van der Waals surface area contributed by atoms with Crippen LogP contribution in [0.4, 0.5) is 0 Å². The van der Waals surface area contributed by atoms with Gasteiger partial charge in [0.1, 0.15) is 0 Å². The first kappa shape index (κ1) is 11.4. The van der Waals surface area contributed by atoms with E-state index in [-0.39, 0.29) is 0 Å². The summed E-state index contributed by atoms with van der Waals surface area (Å²) in [5.41, 5.74) is 1.87. The number of halogens is 1. The number of fused-ring (bicyclic) bond motifs is 1. The number of imidazole rings is 1. The van der Waals surface area contributed by atoms with E-state index in [1.807, 2.05) is 33.6 Å². The topological polar surface area (TPSA) is 37.5 Å². The molecule has 1 N–H and O–H groups in total. The summed E-state index contributed by atoms with van der Waals surface area (Å²) in [4.78, 5) is 5.43. The van der Waals surface area contributed by atoms with Crippen molar-refractivity contribution in [2.24, 2.45) is 0 Å². The minimum absolute atomic E-state index is 0.484. The first-order valence-corrected chi connectivity index (χ1v) is 7.60. The Balaban J connectivity index is 1.80. The number of thiazole rings is 1. The highest BCUT2D eigenvalue weighted by Crippen LogP contribution is 2.27. The molecule has 0 aliphatic heterocycles. The summed E-state index contributed by atoms with van der Waals surface area (Å²) in [7, 11) is 0. The van der Waals surface area contributed by atoms with Crippen molar-refractivity contribution in [2.75, 3.05) is 0 Å². The van der Waals surface area contributed by atoms with E-state index in [0.717, 1.165) is 20.0 Å². The summed E-state index contributed by atoms with van der Waals surface area (Å²) in [5.74, 6) is 0. The fraction of sp³-hybridized carbons (Fsp3) is 0.182. The molecule has 88 valence electrons. The van der Waals surface area contributed by atoms with Crippen molar-refractivity contribution in [3.8, 4) is 0 Å². The molecule has 0 aliphatic rings. The second kappa shape index (κ2) is 4.53. The lowest BCUT2D eigenvalue weighted by Crippen LogP contribution is -2.00. The Bertz CT molecular complexity index is 614. The van der Waals surface area contributed by atoms with Crippen LogP contribution in [0.1, 0.15) is 17.4 Å². The Morgan fingerprint density at radius 3 is 3.06 bits per heavy atom. The Kier molecular flexibility index (Phi) is 3.04. The zero-order valence-electron chi connectivity index (χ0n) is 8.71. The van der Waals surface area contributed by atoms with Crippen molar-refractivity contribution in [3.63, 3.8) is 0 Å². The molecule has 0 bridgehead atoms. The number of aliphatic hydroxyl groups excluding tert-OH is 1. The molecule has 1 unspecified atom stereocenters. The number of hydrogen-bond acceptors (Lipinski definition) is 4. The molecule has 3 heterocycles. The molecule has 0 aromatic carbocycles. The normalized spacial score (nSPS) is 13.3. The molecule has 1 atom stereocenters. The minimum Gasteiger partial charge on any atom is -0.388 e. The van der Waals surface area contributed by atoms with Gasteiger partial charge in [0.25, 0.3) is 0 Å². The largest absolute Gasteiger partial charge is 0.388 e. The first-order valence-electron chi connectivity index (χ1n) is 5.05. The van der Waals surface area contributed by atoms with Crippen LogP contribution in [0, 0.1) is 0 Å². The molecule has 0 saturated carbocycles. The molecular formula is C11H9BrN2OS2. The summed E-state index contributed by atoms with van der Waals surface area (Å²) in [6.07, 6.45) is 4.01. The van der Waals surface area contributed by atoms with Crippen molar-refractivity contribution < 1.29 is 5.11 Å². The van der Waals surface area contributed by atoms with Crippen molar-refractivity contribution in [3.05, 3.63) is 44.3 Å². The van der Waals surface area contributed by atoms with Gasteiger partial charge in [0, 0.05) is 24.2 Å². The second-order valence-electron chi connectivity index (χ2n) is 3.73. The first-order chi connectivity index (χ1) is 8.22. The lowest BCUT2D eigenvalue weighted by molar-refractivity contribution is 0.178. The van der Waals surface area contributed by atoms with Gasteiger partial charge in [0.15, 0.2) is 4.96 Å². The molecule has 0 fully saturated rings. The van der Waals surface area contributed by atoms with E-state index in [4.69, 9.17) is 0 Å². The number of aliphatic hydroxyl groups is 1. The summed E-state index contributed by atoms with van der Waals surface area (Å²) >= 11 is 6.58. The molecule has 0 aliphatic carbocycles. The zero-order valence-corrected chi connectivity index (χ0v) is 11.9.